The zero-order valence-corrected chi connectivity index (χ0v) is 13.8. The molecule has 0 fully saturated rings. The van der Waals surface area contributed by atoms with Crippen LogP contribution in [0, 0.1) is 0 Å². The van der Waals surface area contributed by atoms with Gasteiger partial charge in [-0.2, -0.15) is 0 Å². The van der Waals surface area contributed by atoms with Gasteiger partial charge in [-0.25, -0.2) is 0 Å². The van der Waals surface area contributed by atoms with E-state index in [0.717, 1.165) is 44.9 Å². The van der Waals surface area contributed by atoms with Crippen molar-refractivity contribution in [1.82, 2.24) is 0 Å². The van der Waals surface area contributed by atoms with Gasteiger partial charge in [0.25, 0.3) is 0 Å². The number of carboxylic acid groups (broad SMARTS) is 2. The number of hydrogen-bond donors (Lipinski definition) is 2. The Morgan fingerprint density at radius 3 is 1.32 bits per heavy atom. The first-order chi connectivity index (χ1) is 10.6. The molecule has 0 atom stereocenters. The van der Waals surface area contributed by atoms with Crippen LogP contribution in [0.4, 0.5) is 0 Å². The summed E-state index contributed by atoms with van der Waals surface area (Å²) in [5.74, 6) is -1.39. The molecule has 0 saturated heterocycles. The summed E-state index contributed by atoms with van der Waals surface area (Å²) in [7, 11) is 0. The van der Waals surface area contributed by atoms with Crippen molar-refractivity contribution in [3.05, 3.63) is 12.2 Å². The molecule has 0 unspecified atom stereocenters. The van der Waals surface area contributed by atoms with E-state index in [1.54, 1.807) is 0 Å². The fourth-order valence-corrected chi connectivity index (χ4v) is 2.37. The van der Waals surface area contributed by atoms with E-state index >= 15 is 0 Å². The molecule has 0 aromatic carbocycles. The van der Waals surface area contributed by atoms with Crippen LogP contribution in [0.15, 0.2) is 12.2 Å². The number of hydrogen-bond acceptors (Lipinski definition) is 2. The van der Waals surface area contributed by atoms with Crippen LogP contribution < -0.4 is 0 Å². The third-order valence-electron chi connectivity index (χ3n) is 3.69. The maximum absolute atomic E-state index is 10.3. The van der Waals surface area contributed by atoms with Gasteiger partial charge in [-0.3, -0.25) is 9.59 Å². The molecule has 0 radical (unpaired) electrons. The second-order valence-electron chi connectivity index (χ2n) is 5.87. The first kappa shape index (κ1) is 20.7. The zero-order chi connectivity index (χ0) is 16.5. The highest BCUT2D eigenvalue weighted by Gasteiger charge is 1.96. The van der Waals surface area contributed by atoms with Crippen LogP contribution in [0.25, 0.3) is 0 Å². The van der Waals surface area contributed by atoms with Crippen molar-refractivity contribution in [3.8, 4) is 0 Å². The zero-order valence-electron chi connectivity index (χ0n) is 13.8. The highest BCUT2D eigenvalue weighted by molar-refractivity contribution is 5.66. The van der Waals surface area contributed by atoms with Gasteiger partial charge in [0, 0.05) is 12.8 Å². The number of allylic oxidation sites excluding steroid dienone is 2. The predicted octanol–water partition coefficient (Wildman–Crippen LogP) is 5.17. The Kier molecular flexibility index (Phi) is 15.1. The predicted molar refractivity (Wildman–Crippen MR) is 89.0 cm³/mol. The molecule has 0 saturated carbocycles. The summed E-state index contributed by atoms with van der Waals surface area (Å²) in [5.41, 5.74) is 0. The monoisotopic (exact) mass is 312 g/mol. The van der Waals surface area contributed by atoms with Gasteiger partial charge in [-0.05, 0) is 38.5 Å². The standard InChI is InChI=1S/C18H32O4/c19-17(20)15-13-11-9-7-5-3-1-2-4-6-8-10-12-14-16-18(21)22/h5,7H,1-4,6,8-16H2,(H,19,20)(H,21,22)/b7-5+. The van der Waals surface area contributed by atoms with E-state index < -0.39 is 11.9 Å². The number of aliphatic carboxylic acids is 2. The van der Waals surface area contributed by atoms with Crippen molar-refractivity contribution in [3.63, 3.8) is 0 Å². The summed E-state index contributed by atoms with van der Waals surface area (Å²) in [6, 6.07) is 0. The maximum atomic E-state index is 10.3. The Morgan fingerprint density at radius 1 is 0.545 bits per heavy atom. The van der Waals surface area contributed by atoms with Gasteiger partial charge in [-0.1, -0.05) is 50.7 Å². The lowest BCUT2D eigenvalue weighted by Gasteiger charge is -2.00. The summed E-state index contributed by atoms with van der Waals surface area (Å²) in [5, 5.41) is 17.0. The Hall–Kier alpha value is -1.32. The summed E-state index contributed by atoms with van der Waals surface area (Å²) in [6.07, 6.45) is 18.1. The summed E-state index contributed by atoms with van der Waals surface area (Å²) < 4.78 is 0. The Bertz CT molecular complexity index is 310. The number of rotatable bonds is 16. The normalized spacial score (nSPS) is 11.1. The van der Waals surface area contributed by atoms with Crippen LogP contribution in [0.3, 0.4) is 0 Å². The largest absolute Gasteiger partial charge is 0.481 e. The quantitative estimate of drug-likeness (QED) is 0.304. The van der Waals surface area contributed by atoms with Crippen LogP contribution in [0.1, 0.15) is 89.9 Å². The minimum atomic E-state index is -0.703. The van der Waals surface area contributed by atoms with E-state index in [2.05, 4.69) is 12.2 Å². The van der Waals surface area contributed by atoms with Crippen LogP contribution in [0.5, 0.6) is 0 Å². The Labute approximate surface area is 134 Å². The Morgan fingerprint density at radius 2 is 0.864 bits per heavy atom. The number of unbranched alkanes of at least 4 members (excludes halogenated alkanes) is 10. The topological polar surface area (TPSA) is 74.6 Å². The van der Waals surface area contributed by atoms with E-state index in [-0.39, 0.29) is 6.42 Å². The van der Waals surface area contributed by atoms with Gasteiger partial charge in [0.2, 0.25) is 0 Å². The lowest BCUT2D eigenvalue weighted by atomic mass is 10.1. The third kappa shape index (κ3) is 18.7. The molecule has 0 spiro atoms. The third-order valence-corrected chi connectivity index (χ3v) is 3.69. The lowest BCUT2D eigenvalue weighted by molar-refractivity contribution is -0.138. The number of carbonyl (C=O) groups is 2. The minimum absolute atomic E-state index is 0.282. The van der Waals surface area contributed by atoms with Crippen molar-refractivity contribution in [1.29, 1.82) is 0 Å². The van der Waals surface area contributed by atoms with Gasteiger partial charge in [0.15, 0.2) is 0 Å². The molecule has 22 heavy (non-hydrogen) atoms. The molecule has 0 aliphatic carbocycles. The molecule has 0 aliphatic heterocycles. The molecule has 0 aromatic heterocycles. The lowest BCUT2D eigenvalue weighted by Crippen LogP contribution is -1.93. The van der Waals surface area contributed by atoms with E-state index in [9.17, 15) is 9.59 Å². The first-order valence-corrected chi connectivity index (χ1v) is 8.71. The second kappa shape index (κ2) is 16.1. The molecule has 0 aliphatic rings. The van der Waals surface area contributed by atoms with Crippen molar-refractivity contribution >= 4 is 11.9 Å². The van der Waals surface area contributed by atoms with E-state index in [1.807, 2.05) is 0 Å². The van der Waals surface area contributed by atoms with Gasteiger partial charge in [-0.15, -0.1) is 0 Å². The molecule has 2 N–H and O–H groups in total. The SMILES string of the molecule is O=C(O)CCCC/C=C/CCCCCCCCCCC(=O)O. The highest BCUT2D eigenvalue weighted by atomic mass is 16.4. The molecular formula is C18H32O4. The fourth-order valence-electron chi connectivity index (χ4n) is 2.37. The fraction of sp³-hybridized carbons (Fsp3) is 0.778. The van der Waals surface area contributed by atoms with Crippen LogP contribution in [-0.4, -0.2) is 22.2 Å². The first-order valence-electron chi connectivity index (χ1n) is 8.71. The van der Waals surface area contributed by atoms with Gasteiger partial charge in [0.1, 0.15) is 0 Å². The minimum Gasteiger partial charge on any atom is -0.481 e. The van der Waals surface area contributed by atoms with E-state index in [1.165, 1.54) is 32.1 Å². The average Bonchev–Trinajstić information content (AvgIpc) is 2.46. The summed E-state index contributed by atoms with van der Waals surface area (Å²) in [4.78, 5) is 20.6. The molecule has 4 nitrogen and oxygen atoms in total. The van der Waals surface area contributed by atoms with E-state index in [4.69, 9.17) is 10.2 Å². The van der Waals surface area contributed by atoms with Crippen molar-refractivity contribution < 1.29 is 19.8 Å². The molecule has 4 heteroatoms. The van der Waals surface area contributed by atoms with Gasteiger partial charge in [0.05, 0.1) is 0 Å². The molecule has 128 valence electrons. The maximum Gasteiger partial charge on any atom is 0.303 e. The van der Waals surface area contributed by atoms with Crippen molar-refractivity contribution in [2.24, 2.45) is 0 Å². The highest BCUT2D eigenvalue weighted by Crippen LogP contribution is 2.11. The van der Waals surface area contributed by atoms with E-state index in [0.29, 0.717) is 6.42 Å². The smallest absolute Gasteiger partial charge is 0.303 e. The van der Waals surface area contributed by atoms with Crippen LogP contribution in [-0.2, 0) is 9.59 Å². The van der Waals surface area contributed by atoms with Crippen LogP contribution in [0.2, 0.25) is 0 Å². The van der Waals surface area contributed by atoms with Gasteiger partial charge < -0.3 is 10.2 Å². The molecule has 0 aromatic rings. The molecular weight excluding hydrogens is 280 g/mol. The van der Waals surface area contributed by atoms with Gasteiger partial charge >= 0.3 is 11.9 Å². The molecule has 0 bridgehead atoms. The molecule has 0 rings (SSSR count). The molecule has 0 heterocycles. The Balaban J connectivity index is 3.10. The molecule has 0 amide bonds. The second-order valence-corrected chi connectivity index (χ2v) is 5.87. The summed E-state index contributed by atoms with van der Waals surface area (Å²) >= 11 is 0. The number of carboxylic acids is 2. The summed E-state index contributed by atoms with van der Waals surface area (Å²) in [6.45, 7) is 0. The van der Waals surface area contributed by atoms with Crippen molar-refractivity contribution in [2.75, 3.05) is 0 Å². The van der Waals surface area contributed by atoms with Crippen LogP contribution >= 0.6 is 0 Å². The van der Waals surface area contributed by atoms with Crippen molar-refractivity contribution in [2.45, 2.75) is 89.9 Å². The average molecular weight is 312 g/mol.